The van der Waals surface area contributed by atoms with Crippen LogP contribution in [-0.4, -0.2) is 11.8 Å². The fourth-order valence-electron chi connectivity index (χ4n) is 5.68. The SMILES string of the molecule is CCCCCCCCCCCCCCC(=O)NCc1cccc(CNC(=O)CCCCCCCCCCCCCC)c1. The summed E-state index contributed by atoms with van der Waals surface area (Å²) in [6.45, 7) is 5.65. The monoisotopic (exact) mass is 585 g/mol. The third-order valence-corrected chi connectivity index (χ3v) is 8.49. The molecule has 42 heavy (non-hydrogen) atoms. The lowest BCUT2D eigenvalue weighted by Crippen LogP contribution is -2.23. The Bertz CT molecular complexity index is 704. The first-order valence-corrected chi connectivity index (χ1v) is 18.3. The lowest BCUT2D eigenvalue weighted by molar-refractivity contribution is -0.122. The number of benzene rings is 1. The molecule has 0 radical (unpaired) electrons. The molecule has 1 rings (SSSR count). The maximum atomic E-state index is 12.3. The van der Waals surface area contributed by atoms with Gasteiger partial charge in [-0.15, -0.1) is 0 Å². The first-order valence-electron chi connectivity index (χ1n) is 18.3. The van der Waals surface area contributed by atoms with Crippen LogP contribution in [0.3, 0.4) is 0 Å². The van der Waals surface area contributed by atoms with Crippen LogP contribution in [0.4, 0.5) is 0 Å². The molecule has 2 amide bonds. The average molecular weight is 585 g/mol. The van der Waals surface area contributed by atoms with Crippen molar-refractivity contribution in [1.29, 1.82) is 0 Å². The van der Waals surface area contributed by atoms with Gasteiger partial charge in [-0.3, -0.25) is 9.59 Å². The molecular weight excluding hydrogens is 516 g/mol. The standard InChI is InChI=1S/C38H68N2O2/c1-3-5-7-9-11-13-15-17-19-21-23-25-30-37(41)39-33-35-28-27-29-36(32-35)34-40-38(42)31-26-24-22-20-18-16-14-12-10-8-6-4-2/h27-29,32H,3-26,30-31,33-34H2,1-2H3,(H,39,41)(H,40,42). The summed E-state index contributed by atoms with van der Waals surface area (Å²) in [5.41, 5.74) is 2.18. The fraction of sp³-hybridized carbons (Fsp3) is 0.789. The second kappa shape index (κ2) is 29.2. The smallest absolute Gasteiger partial charge is 0.220 e. The largest absolute Gasteiger partial charge is 0.352 e. The van der Waals surface area contributed by atoms with E-state index < -0.39 is 0 Å². The molecule has 0 heterocycles. The Hall–Kier alpha value is -1.84. The summed E-state index contributed by atoms with van der Waals surface area (Å²) in [7, 11) is 0. The first kappa shape index (κ1) is 38.2. The van der Waals surface area contributed by atoms with Crippen molar-refractivity contribution in [2.45, 2.75) is 194 Å². The number of hydrogen-bond donors (Lipinski definition) is 2. The Morgan fingerprint density at radius 3 is 1.05 bits per heavy atom. The van der Waals surface area contributed by atoms with Gasteiger partial charge in [-0.1, -0.05) is 179 Å². The van der Waals surface area contributed by atoms with Gasteiger partial charge in [0.2, 0.25) is 11.8 Å². The van der Waals surface area contributed by atoms with E-state index in [0.717, 1.165) is 36.8 Å². The van der Waals surface area contributed by atoms with E-state index >= 15 is 0 Å². The van der Waals surface area contributed by atoms with Crippen LogP contribution < -0.4 is 10.6 Å². The molecule has 0 aromatic heterocycles. The molecule has 2 N–H and O–H groups in total. The number of hydrogen-bond acceptors (Lipinski definition) is 2. The summed E-state index contributed by atoms with van der Waals surface area (Å²) in [5, 5.41) is 6.14. The van der Waals surface area contributed by atoms with Gasteiger partial charge in [0.1, 0.15) is 0 Å². The van der Waals surface area contributed by atoms with E-state index in [1.54, 1.807) is 0 Å². The van der Waals surface area contributed by atoms with Crippen LogP contribution in [0, 0.1) is 0 Å². The summed E-state index contributed by atoms with van der Waals surface area (Å²) >= 11 is 0. The van der Waals surface area contributed by atoms with E-state index in [1.807, 2.05) is 18.2 Å². The molecule has 0 saturated carbocycles. The van der Waals surface area contributed by atoms with Gasteiger partial charge in [-0.25, -0.2) is 0 Å². The Balaban J connectivity index is 2.00. The van der Waals surface area contributed by atoms with Crippen LogP contribution in [0.1, 0.15) is 192 Å². The number of carbonyl (C=O) groups excluding carboxylic acids is 2. The Labute approximate surface area is 261 Å². The molecular formula is C38H68N2O2. The highest BCUT2D eigenvalue weighted by molar-refractivity contribution is 5.76. The van der Waals surface area contributed by atoms with Gasteiger partial charge >= 0.3 is 0 Å². The minimum absolute atomic E-state index is 0.142. The molecule has 4 nitrogen and oxygen atoms in total. The van der Waals surface area contributed by atoms with Crippen LogP contribution in [-0.2, 0) is 22.7 Å². The summed E-state index contributed by atoms with van der Waals surface area (Å²) < 4.78 is 0. The third-order valence-electron chi connectivity index (χ3n) is 8.49. The summed E-state index contributed by atoms with van der Waals surface area (Å²) in [6, 6.07) is 8.19. The maximum absolute atomic E-state index is 12.3. The van der Waals surface area contributed by atoms with Gasteiger partial charge in [0, 0.05) is 25.9 Å². The van der Waals surface area contributed by atoms with Crippen molar-refractivity contribution in [2.24, 2.45) is 0 Å². The van der Waals surface area contributed by atoms with Crippen molar-refractivity contribution in [3.63, 3.8) is 0 Å². The van der Waals surface area contributed by atoms with Gasteiger partial charge in [0.05, 0.1) is 0 Å². The van der Waals surface area contributed by atoms with E-state index in [2.05, 4.69) is 30.5 Å². The quantitative estimate of drug-likeness (QED) is 0.0884. The Morgan fingerprint density at radius 2 is 0.738 bits per heavy atom. The van der Waals surface area contributed by atoms with E-state index in [4.69, 9.17) is 0 Å². The minimum Gasteiger partial charge on any atom is -0.352 e. The van der Waals surface area contributed by atoms with Crippen LogP contribution >= 0.6 is 0 Å². The molecule has 0 unspecified atom stereocenters. The van der Waals surface area contributed by atoms with Crippen molar-refractivity contribution >= 4 is 11.8 Å². The van der Waals surface area contributed by atoms with E-state index in [9.17, 15) is 9.59 Å². The second-order valence-corrected chi connectivity index (χ2v) is 12.7. The second-order valence-electron chi connectivity index (χ2n) is 12.7. The molecule has 4 heteroatoms. The maximum Gasteiger partial charge on any atom is 0.220 e. The van der Waals surface area contributed by atoms with Gasteiger partial charge in [0.15, 0.2) is 0 Å². The number of nitrogens with one attached hydrogen (secondary N) is 2. The average Bonchev–Trinajstić information content (AvgIpc) is 3.00. The van der Waals surface area contributed by atoms with Gasteiger partial charge in [-0.05, 0) is 24.0 Å². The number of amides is 2. The topological polar surface area (TPSA) is 58.2 Å². The number of rotatable bonds is 30. The van der Waals surface area contributed by atoms with Crippen LogP contribution in [0.5, 0.6) is 0 Å². The highest BCUT2D eigenvalue weighted by Gasteiger charge is 2.05. The molecule has 1 aromatic rings. The molecule has 0 fully saturated rings. The van der Waals surface area contributed by atoms with E-state index in [1.165, 1.54) is 128 Å². The summed E-state index contributed by atoms with van der Waals surface area (Å²) in [5.74, 6) is 0.284. The number of carbonyl (C=O) groups is 2. The minimum atomic E-state index is 0.142. The molecule has 0 atom stereocenters. The summed E-state index contributed by atoms with van der Waals surface area (Å²) in [6.07, 6.45) is 32.7. The lowest BCUT2D eigenvalue weighted by atomic mass is 10.0. The van der Waals surface area contributed by atoms with Crippen molar-refractivity contribution in [3.8, 4) is 0 Å². The van der Waals surface area contributed by atoms with E-state index in [0.29, 0.717) is 25.9 Å². The zero-order valence-corrected chi connectivity index (χ0v) is 27.9. The normalized spacial score (nSPS) is 11.1. The molecule has 0 aliphatic carbocycles. The van der Waals surface area contributed by atoms with Crippen molar-refractivity contribution in [2.75, 3.05) is 0 Å². The predicted molar refractivity (Wildman–Crippen MR) is 182 cm³/mol. The molecule has 0 aliphatic rings. The zero-order chi connectivity index (χ0) is 30.4. The highest BCUT2D eigenvalue weighted by atomic mass is 16.2. The van der Waals surface area contributed by atoms with Crippen LogP contribution in [0.15, 0.2) is 24.3 Å². The van der Waals surface area contributed by atoms with Crippen molar-refractivity contribution < 1.29 is 9.59 Å². The zero-order valence-electron chi connectivity index (χ0n) is 27.9. The Morgan fingerprint density at radius 1 is 0.452 bits per heavy atom. The summed E-state index contributed by atoms with van der Waals surface area (Å²) in [4.78, 5) is 24.6. The molecule has 0 saturated heterocycles. The number of unbranched alkanes of at least 4 members (excludes halogenated alkanes) is 22. The molecule has 0 aliphatic heterocycles. The molecule has 0 spiro atoms. The van der Waals surface area contributed by atoms with Gasteiger partial charge in [-0.2, -0.15) is 0 Å². The Kier molecular flexibility index (Phi) is 26.6. The fourth-order valence-corrected chi connectivity index (χ4v) is 5.68. The van der Waals surface area contributed by atoms with Gasteiger partial charge < -0.3 is 10.6 Å². The molecule has 0 bridgehead atoms. The van der Waals surface area contributed by atoms with E-state index in [-0.39, 0.29) is 11.8 Å². The van der Waals surface area contributed by atoms with Crippen molar-refractivity contribution in [3.05, 3.63) is 35.4 Å². The van der Waals surface area contributed by atoms with Crippen molar-refractivity contribution in [1.82, 2.24) is 10.6 Å². The van der Waals surface area contributed by atoms with Gasteiger partial charge in [0.25, 0.3) is 0 Å². The molecule has 242 valence electrons. The van der Waals surface area contributed by atoms with Crippen LogP contribution in [0.2, 0.25) is 0 Å². The van der Waals surface area contributed by atoms with Crippen LogP contribution in [0.25, 0.3) is 0 Å². The predicted octanol–water partition coefficient (Wildman–Crippen LogP) is 11.1. The first-order chi connectivity index (χ1) is 20.7. The highest BCUT2D eigenvalue weighted by Crippen LogP contribution is 2.14. The lowest BCUT2D eigenvalue weighted by Gasteiger charge is -2.09. The third kappa shape index (κ3) is 24.7. The molecule has 1 aromatic carbocycles.